The fraction of sp³-hybridized carbons (Fsp3) is 0.318. The van der Waals surface area contributed by atoms with Crippen LogP contribution in [0.25, 0.3) is 11.0 Å². The van der Waals surface area contributed by atoms with Crippen LogP contribution in [0.1, 0.15) is 49.8 Å². The Balaban J connectivity index is 1.60. The summed E-state index contributed by atoms with van der Waals surface area (Å²) in [6, 6.07) is 13.1. The van der Waals surface area contributed by atoms with Gasteiger partial charge in [0.05, 0.1) is 34.7 Å². The highest BCUT2D eigenvalue weighted by Crippen LogP contribution is 2.37. The highest BCUT2D eigenvalue weighted by Gasteiger charge is 2.29. The second-order valence-corrected chi connectivity index (χ2v) is 7.71. The molecule has 1 aromatic heterocycles. The molecule has 0 radical (unpaired) electrons. The van der Waals surface area contributed by atoms with E-state index in [0.29, 0.717) is 22.6 Å². The number of hydrogen-bond donors (Lipinski definition) is 2. The molecule has 1 saturated carbocycles. The number of rotatable bonds is 5. The standard InChI is InChI=1S/C22H21FN4O2/c1-22(29,15-6-8-16(23)9-7-15)12-20(28)26-21-25-18-10-5-14(13-24)11-19(18)27(21)17-3-2-4-17/h5-11,17,29H,2-4,12H2,1H3,(H,25,26,28)/t22-/m1/s1. The summed E-state index contributed by atoms with van der Waals surface area (Å²) >= 11 is 0. The van der Waals surface area contributed by atoms with Crippen molar-refractivity contribution in [2.45, 2.75) is 44.2 Å². The lowest BCUT2D eigenvalue weighted by Crippen LogP contribution is -2.30. The van der Waals surface area contributed by atoms with E-state index in [9.17, 15) is 19.6 Å². The first-order valence-corrected chi connectivity index (χ1v) is 9.58. The fourth-order valence-electron chi connectivity index (χ4n) is 3.66. The molecule has 1 aliphatic rings. The molecule has 1 atom stereocenters. The van der Waals surface area contributed by atoms with Crippen LogP contribution in [-0.4, -0.2) is 20.6 Å². The molecular formula is C22H21FN4O2. The van der Waals surface area contributed by atoms with Crippen molar-refractivity contribution in [2.75, 3.05) is 5.32 Å². The minimum atomic E-state index is -1.45. The van der Waals surface area contributed by atoms with Crippen LogP contribution >= 0.6 is 0 Å². The number of imidazole rings is 1. The SMILES string of the molecule is C[C@@](O)(CC(=O)Nc1nc2ccc(C#N)cc2n1C1CCC1)c1ccc(F)cc1. The molecule has 7 heteroatoms. The van der Waals surface area contributed by atoms with Crippen LogP contribution < -0.4 is 5.32 Å². The first-order valence-electron chi connectivity index (χ1n) is 9.58. The highest BCUT2D eigenvalue weighted by atomic mass is 19.1. The molecule has 29 heavy (non-hydrogen) atoms. The van der Waals surface area contributed by atoms with E-state index in [0.717, 1.165) is 24.8 Å². The number of nitrogens with one attached hydrogen (secondary N) is 1. The Bertz CT molecular complexity index is 1110. The van der Waals surface area contributed by atoms with Gasteiger partial charge in [-0.05, 0) is 62.1 Å². The van der Waals surface area contributed by atoms with Crippen molar-refractivity contribution >= 4 is 22.9 Å². The number of anilines is 1. The first kappa shape index (κ1) is 19.1. The molecule has 0 aliphatic heterocycles. The van der Waals surface area contributed by atoms with Gasteiger partial charge in [0.2, 0.25) is 11.9 Å². The molecule has 6 nitrogen and oxygen atoms in total. The number of fused-ring (bicyclic) bond motifs is 1. The monoisotopic (exact) mass is 392 g/mol. The fourth-order valence-corrected chi connectivity index (χ4v) is 3.66. The number of amides is 1. The predicted molar refractivity (Wildman–Crippen MR) is 107 cm³/mol. The smallest absolute Gasteiger partial charge is 0.229 e. The Hall–Kier alpha value is -3.24. The van der Waals surface area contributed by atoms with E-state index < -0.39 is 17.3 Å². The molecule has 2 N–H and O–H groups in total. The number of halogens is 1. The first-order chi connectivity index (χ1) is 13.9. The number of carbonyl (C=O) groups is 1. The Morgan fingerprint density at radius 3 is 2.69 bits per heavy atom. The molecule has 0 saturated heterocycles. The summed E-state index contributed by atoms with van der Waals surface area (Å²) in [6.45, 7) is 1.52. The normalized spacial score (nSPS) is 16.1. The zero-order valence-electron chi connectivity index (χ0n) is 16.0. The molecule has 0 unspecified atom stereocenters. The molecule has 1 aliphatic carbocycles. The number of aromatic nitrogens is 2. The topological polar surface area (TPSA) is 90.9 Å². The van der Waals surface area contributed by atoms with E-state index in [4.69, 9.17) is 0 Å². The third-order valence-electron chi connectivity index (χ3n) is 5.48. The molecule has 2 aromatic carbocycles. The zero-order chi connectivity index (χ0) is 20.6. The summed E-state index contributed by atoms with van der Waals surface area (Å²) in [6.07, 6.45) is 2.88. The Morgan fingerprint density at radius 2 is 2.07 bits per heavy atom. The quantitative estimate of drug-likeness (QED) is 0.686. The average Bonchev–Trinajstić information content (AvgIpc) is 2.97. The van der Waals surface area contributed by atoms with Crippen molar-refractivity contribution in [3.05, 3.63) is 59.4 Å². The van der Waals surface area contributed by atoms with Crippen LogP contribution in [0, 0.1) is 17.1 Å². The summed E-state index contributed by atoms with van der Waals surface area (Å²) in [7, 11) is 0. The van der Waals surface area contributed by atoms with E-state index in [1.807, 2.05) is 4.57 Å². The molecular weight excluding hydrogens is 371 g/mol. The van der Waals surface area contributed by atoms with Gasteiger partial charge in [0.15, 0.2) is 0 Å². The zero-order valence-corrected chi connectivity index (χ0v) is 16.0. The van der Waals surface area contributed by atoms with Crippen LogP contribution in [-0.2, 0) is 10.4 Å². The van der Waals surface area contributed by atoms with Crippen LogP contribution in [0.5, 0.6) is 0 Å². The maximum atomic E-state index is 13.1. The number of hydrogen-bond acceptors (Lipinski definition) is 4. The van der Waals surface area contributed by atoms with E-state index in [2.05, 4.69) is 16.4 Å². The van der Waals surface area contributed by atoms with Crippen molar-refractivity contribution < 1.29 is 14.3 Å². The summed E-state index contributed by atoms with van der Waals surface area (Å²) in [5, 5.41) is 22.7. The van der Waals surface area contributed by atoms with Gasteiger partial charge in [-0.1, -0.05) is 12.1 Å². The van der Waals surface area contributed by atoms with Gasteiger partial charge in [0.1, 0.15) is 5.82 Å². The molecule has 1 heterocycles. The number of benzene rings is 2. The van der Waals surface area contributed by atoms with Gasteiger partial charge in [-0.15, -0.1) is 0 Å². The van der Waals surface area contributed by atoms with Crippen molar-refractivity contribution in [3.8, 4) is 6.07 Å². The summed E-state index contributed by atoms with van der Waals surface area (Å²) in [4.78, 5) is 17.2. The molecule has 3 aromatic rings. The molecule has 148 valence electrons. The van der Waals surface area contributed by atoms with Crippen molar-refractivity contribution in [1.29, 1.82) is 5.26 Å². The minimum absolute atomic E-state index is 0.198. The maximum Gasteiger partial charge on any atom is 0.229 e. The van der Waals surface area contributed by atoms with Crippen molar-refractivity contribution in [1.82, 2.24) is 9.55 Å². The van der Waals surface area contributed by atoms with E-state index >= 15 is 0 Å². The van der Waals surface area contributed by atoms with Crippen LogP contribution in [0.4, 0.5) is 10.3 Å². The predicted octanol–water partition coefficient (Wildman–Crippen LogP) is 4.01. The second kappa shape index (κ2) is 7.30. The Morgan fingerprint density at radius 1 is 1.34 bits per heavy atom. The maximum absolute atomic E-state index is 13.1. The van der Waals surface area contributed by atoms with Gasteiger partial charge < -0.3 is 9.67 Å². The summed E-state index contributed by atoms with van der Waals surface area (Å²) in [5.74, 6) is -0.379. The number of nitrogens with zero attached hydrogens (tertiary/aromatic N) is 3. The van der Waals surface area contributed by atoms with Crippen molar-refractivity contribution in [3.63, 3.8) is 0 Å². The summed E-state index contributed by atoms with van der Waals surface area (Å²) in [5.41, 5.74) is 1.07. The lowest BCUT2D eigenvalue weighted by atomic mass is 9.92. The molecule has 0 spiro atoms. The van der Waals surface area contributed by atoms with Crippen LogP contribution in [0.3, 0.4) is 0 Å². The number of carbonyl (C=O) groups excluding carboxylic acids is 1. The molecule has 0 bridgehead atoms. The van der Waals surface area contributed by atoms with Crippen LogP contribution in [0.15, 0.2) is 42.5 Å². The minimum Gasteiger partial charge on any atom is -0.385 e. The van der Waals surface area contributed by atoms with E-state index in [1.54, 1.807) is 18.2 Å². The summed E-state index contributed by atoms with van der Waals surface area (Å²) < 4.78 is 15.1. The van der Waals surface area contributed by atoms with Gasteiger partial charge in [0, 0.05) is 6.04 Å². The lowest BCUT2D eigenvalue weighted by Gasteiger charge is -2.29. The van der Waals surface area contributed by atoms with Gasteiger partial charge >= 0.3 is 0 Å². The average molecular weight is 392 g/mol. The third-order valence-corrected chi connectivity index (χ3v) is 5.48. The van der Waals surface area contributed by atoms with Gasteiger partial charge in [-0.2, -0.15) is 5.26 Å². The van der Waals surface area contributed by atoms with E-state index in [-0.39, 0.29) is 12.5 Å². The lowest BCUT2D eigenvalue weighted by molar-refractivity contribution is -0.120. The van der Waals surface area contributed by atoms with Gasteiger partial charge in [0.25, 0.3) is 0 Å². The highest BCUT2D eigenvalue weighted by molar-refractivity contribution is 5.92. The van der Waals surface area contributed by atoms with E-state index in [1.165, 1.54) is 31.2 Å². The Labute approximate surface area is 167 Å². The molecule has 1 fully saturated rings. The largest absolute Gasteiger partial charge is 0.385 e. The van der Waals surface area contributed by atoms with Gasteiger partial charge in [-0.25, -0.2) is 9.37 Å². The van der Waals surface area contributed by atoms with Gasteiger partial charge in [-0.3, -0.25) is 10.1 Å². The number of nitriles is 1. The molecule has 1 amide bonds. The second-order valence-electron chi connectivity index (χ2n) is 7.71. The third kappa shape index (κ3) is 3.71. The van der Waals surface area contributed by atoms with Crippen LogP contribution in [0.2, 0.25) is 0 Å². The van der Waals surface area contributed by atoms with Crippen molar-refractivity contribution in [2.24, 2.45) is 0 Å². The molecule has 4 rings (SSSR count). The number of aliphatic hydroxyl groups is 1. The Kier molecular flexibility index (Phi) is 4.81.